The summed E-state index contributed by atoms with van der Waals surface area (Å²) in [5.74, 6) is -1.70. The third-order valence-electron chi connectivity index (χ3n) is 2.35. The van der Waals surface area contributed by atoms with Gasteiger partial charge in [-0.2, -0.15) is 0 Å². The van der Waals surface area contributed by atoms with Gasteiger partial charge in [-0.15, -0.1) is 0 Å². The number of aliphatic hydroxyl groups is 1. The van der Waals surface area contributed by atoms with Gasteiger partial charge in [-0.05, 0) is 5.56 Å². The molecule has 6 nitrogen and oxygen atoms in total. The zero-order valence-electron chi connectivity index (χ0n) is 9.82. The standard InChI is InChI=1S/C12H16N2O4/c13-11(16)7-14(8-12(17)18)6-10(15)9-4-2-1-3-5-9/h1-5,10,15H,6-8H2,(H2,13,16)(H,17,18). The lowest BCUT2D eigenvalue weighted by atomic mass is 10.1. The van der Waals surface area contributed by atoms with Crippen molar-refractivity contribution in [2.24, 2.45) is 5.73 Å². The second-order valence-corrected chi connectivity index (χ2v) is 3.96. The van der Waals surface area contributed by atoms with Crippen LogP contribution in [0.15, 0.2) is 30.3 Å². The van der Waals surface area contributed by atoms with E-state index >= 15 is 0 Å². The van der Waals surface area contributed by atoms with Gasteiger partial charge in [0.05, 0.1) is 19.2 Å². The maximum Gasteiger partial charge on any atom is 0.317 e. The van der Waals surface area contributed by atoms with E-state index in [4.69, 9.17) is 10.8 Å². The van der Waals surface area contributed by atoms with Gasteiger partial charge in [0.25, 0.3) is 0 Å². The predicted octanol–water partition coefficient (Wildman–Crippen LogP) is -0.408. The van der Waals surface area contributed by atoms with Crippen LogP contribution in [0, 0.1) is 0 Å². The van der Waals surface area contributed by atoms with Crippen LogP contribution in [0.5, 0.6) is 0 Å². The Hall–Kier alpha value is -1.92. The van der Waals surface area contributed by atoms with Gasteiger partial charge >= 0.3 is 5.97 Å². The SMILES string of the molecule is NC(=O)CN(CC(=O)O)CC(O)c1ccccc1. The van der Waals surface area contributed by atoms with Crippen molar-refractivity contribution < 1.29 is 19.8 Å². The van der Waals surface area contributed by atoms with Crippen LogP contribution in [0.4, 0.5) is 0 Å². The van der Waals surface area contributed by atoms with E-state index in [-0.39, 0.29) is 19.6 Å². The van der Waals surface area contributed by atoms with Crippen molar-refractivity contribution in [3.05, 3.63) is 35.9 Å². The van der Waals surface area contributed by atoms with Crippen molar-refractivity contribution in [2.45, 2.75) is 6.10 Å². The minimum atomic E-state index is -1.07. The number of carboxylic acids is 1. The molecule has 1 rings (SSSR count). The highest BCUT2D eigenvalue weighted by molar-refractivity contribution is 5.77. The fourth-order valence-electron chi connectivity index (χ4n) is 1.62. The number of aliphatic hydroxyl groups excluding tert-OH is 1. The van der Waals surface area contributed by atoms with Crippen LogP contribution in [0.2, 0.25) is 0 Å². The summed E-state index contributed by atoms with van der Waals surface area (Å²) in [4.78, 5) is 22.7. The molecule has 0 fully saturated rings. The Bertz CT molecular complexity index is 392. The number of amides is 1. The molecule has 0 heterocycles. The van der Waals surface area contributed by atoms with Crippen molar-refractivity contribution in [2.75, 3.05) is 19.6 Å². The zero-order valence-corrected chi connectivity index (χ0v) is 9.82. The molecule has 0 spiro atoms. The number of rotatable bonds is 7. The van der Waals surface area contributed by atoms with E-state index in [1.54, 1.807) is 24.3 Å². The average molecular weight is 252 g/mol. The second-order valence-electron chi connectivity index (χ2n) is 3.96. The van der Waals surface area contributed by atoms with E-state index in [0.717, 1.165) is 0 Å². The molecule has 0 saturated heterocycles. The van der Waals surface area contributed by atoms with E-state index in [2.05, 4.69) is 0 Å². The Balaban J connectivity index is 2.64. The number of aliphatic carboxylic acids is 1. The summed E-state index contributed by atoms with van der Waals surface area (Å²) in [7, 11) is 0. The van der Waals surface area contributed by atoms with Crippen LogP contribution < -0.4 is 5.73 Å². The van der Waals surface area contributed by atoms with E-state index in [1.807, 2.05) is 6.07 Å². The minimum absolute atomic E-state index is 0.0409. The summed E-state index contributed by atoms with van der Waals surface area (Å²) in [6.07, 6.45) is -0.857. The molecule has 0 aliphatic heterocycles. The van der Waals surface area contributed by atoms with E-state index < -0.39 is 18.0 Å². The van der Waals surface area contributed by atoms with Crippen LogP contribution in [-0.4, -0.2) is 46.6 Å². The number of carbonyl (C=O) groups excluding carboxylic acids is 1. The summed E-state index contributed by atoms with van der Waals surface area (Å²) in [6, 6.07) is 8.82. The van der Waals surface area contributed by atoms with Crippen LogP contribution >= 0.6 is 0 Å². The second kappa shape index (κ2) is 6.73. The quantitative estimate of drug-likeness (QED) is 0.612. The highest BCUT2D eigenvalue weighted by Crippen LogP contribution is 2.13. The maximum atomic E-state index is 10.8. The molecule has 0 bridgehead atoms. The molecular weight excluding hydrogens is 236 g/mol. The van der Waals surface area contributed by atoms with Crippen molar-refractivity contribution in [3.8, 4) is 0 Å². The van der Waals surface area contributed by atoms with E-state index in [1.165, 1.54) is 4.90 Å². The highest BCUT2D eigenvalue weighted by Gasteiger charge is 2.17. The Morgan fingerprint density at radius 1 is 1.22 bits per heavy atom. The lowest BCUT2D eigenvalue weighted by Crippen LogP contribution is -2.39. The van der Waals surface area contributed by atoms with Gasteiger partial charge in [-0.3, -0.25) is 14.5 Å². The molecule has 0 aromatic heterocycles. The molecular formula is C12H16N2O4. The minimum Gasteiger partial charge on any atom is -0.480 e. The van der Waals surface area contributed by atoms with Crippen molar-refractivity contribution in [1.82, 2.24) is 4.90 Å². The molecule has 1 aromatic rings. The number of primary amides is 1. The Labute approximate surface area is 105 Å². The fraction of sp³-hybridized carbons (Fsp3) is 0.333. The first-order valence-corrected chi connectivity index (χ1v) is 5.44. The predicted molar refractivity (Wildman–Crippen MR) is 64.7 cm³/mol. The molecule has 4 N–H and O–H groups in total. The number of benzene rings is 1. The molecule has 1 aromatic carbocycles. The number of nitrogens with zero attached hydrogens (tertiary/aromatic N) is 1. The molecule has 1 unspecified atom stereocenters. The number of hydrogen-bond acceptors (Lipinski definition) is 4. The van der Waals surface area contributed by atoms with Crippen LogP contribution in [0.3, 0.4) is 0 Å². The molecule has 6 heteroatoms. The lowest BCUT2D eigenvalue weighted by molar-refractivity contribution is -0.139. The largest absolute Gasteiger partial charge is 0.480 e. The van der Waals surface area contributed by atoms with E-state index in [9.17, 15) is 14.7 Å². The summed E-state index contributed by atoms with van der Waals surface area (Å²) in [5.41, 5.74) is 5.69. The van der Waals surface area contributed by atoms with Gasteiger partial charge in [0, 0.05) is 6.54 Å². The molecule has 0 aliphatic carbocycles. The smallest absolute Gasteiger partial charge is 0.317 e. The highest BCUT2D eigenvalue weighted by atomic mass is 16.4. The third-order valence-corrected chi connectivity index (χ3v) is 2.35. The molecule has 98 valence electrons. The summed E-state index contributed by atoms with van der Waals surface area (Å²) in [5, 5.41) is 18.6. The first kappa shape index (κ1) is 14.1. The average Bonchev–Trinajstić information content (AvgIpc) is 2.28. The Morgan fingerprint density at radius 3 is 2.33 bits per heavy atom. The summed E-state index contributed by atoms with van der Waals surface area (Å²) in [6.45, 7) is -0.498. The number of nitrogens with two attached hydrogens (primary N) is 1. The molecule has 0 saturated carbocycles. The van der Waals surface area contributed by atoms with Crippen LogP contribution in [0.25, 0.3) is 0 Å². The molecule has 1 amide bonds. The van der Waals surface area contributed by atoms with Gasteiger partial charge in [0.2, 0.25) is 5.91 Å². The summed E-state index contributed by atoms with van der Waals surface area (Å²) < 4.78 is 0. The normalized spacial score (nSPS) is 12.3. The van der Waals surface area contributed by atoms with Crippen LogP contribution in [-0.2, 0) is 9.59 Å². The number of hydrogen-bond donors (Lipinski definition) is 3. The first-order chi connectivity index (χ1) is 8.49. The van der Waals surface area contributed by atoms with E-state index in [0.29, 0.717) is 5.56 Å². The van der Waals surface area contributed by atoms with Crippen molar-refractivity contribution in [1.29, 1.82) is 0 Å². The Kier molecular flexibility index (Phi) is 5.29. The Morgan fingerprint density at radius 2 is 1.83 bits per heavy atom. The molecule has 0 aliphatic rings. The topological polar surface area (TPSA) is 104 Å². The monoisotopic (exact) mass is 252 g/mol. The number of carbonyl (C=O) groups is 2. The lowest BCUT2D eigenvalue weighted by Gasteiger charge is -2.22. The van der Waals surface area contributed by atoms with Gasteiger partial charge < -0.3 is 15.9 Å². The maximum absolute atomic E-state index is 10.8. The van der Waals surface area contributed by atoms with Gasteiger partial charge in [0.15, 0.2) is 0 Å². The zero-order chi connectivity index (χ0) is 13.5. The van der Waals surface area contributed by atoms with Crippen molar-refractivity contribution in [3.63, 3.8) is 0 Å². The van der Waals surface area contributed by atoms with Gasteiger partial charge in [-0.1, -0.05) is 30.3 Å². The number of carboxylic acid groups (broad SMARTS) is 1. The van der Waals surface area contributed by atoms with Gasteiger partial charge in [-0.25, -0.2) is 0 Å². The molecule has 1 atom stereocenters. The third kappa shape index (κ3) is 4.94. The summed E-state index contributed by atoms with van der Waals surface area (Å²) >= 11 is 0. The van der Waals surface area contributed by atoms with Crippen molar-refractivity contribution >= 4 is 11.9 Å². The molecule has 18 heavy (non-hydrogen) atoms. The first-order valence-electron chi connectivity index (χ1n) is 5.44. The van der Waals surface area contributed by atoms with Gasteiger partial charge in [0.1, 0.15) is 0 Å². The fourth-order valence-corrected chi connectivity index (χ4v) is 1.62. The molecule has 0 radical (unpaired) electrons. The van der Waals surface area contributed by atoms with Crippen LogP contribution in [0.1, 0.15) is 11.7 Å².